The van der Waals surface area contributed by atoms with Crippen molar-refractivity contribution in [2.45, 2.75) is 44.0 Å². The number of nitrogens with one attached hydrogen (secondary N) is 2. The Labute approximate surface area is 114 Å². The Balaban J connectivity index is 1.78. The molecular formula is C14H22N2O3. The molecule has 0 saturated carbocycles. The minimum Gasteiger partial charge on any atom is -0.372 e. The van der Waals surface area contributed by atoms with E-state index in [4.69, 9.17) is 15.9 Å². The molecule has 0 bridgehead atoms. The van der Waals surface area contributed by atoms with Gasteiger partial charge in [-0.2, -0.15) is 0 Å². The molecule has 1 spiro atoms. The van der Waals surface area contributed by atoms with Crippen molar-refractivity contribution in [1.82, 2.24) is 10.6 Å². The third kappa shape index (κ3) is 3.69. The topological polar surface area (TPSA) is 59.6 Å². The van der Waals surface area contributed by atoms with Gasteiger partial charge in [-0.15, -0.1) is 6.42 Å². The second-order valence-corrected chi connectivity index (χ2v) is 5.27. The molecular weight excluding hydrogens is 244 g/mol. The van der Waals surface area contributed by atoms with E-state index >= 15 is 0 Å². The van der Waals surface area contributed by atoms with E-state index in [2.05, 4.69) is 16.6 Å². The number of ether oxygens (including phenoxy) is 2. The summed E-state index contributed by atoms with van der Waals surface area (Å²) in [6.45, 7) is 4.55. The molecule has 2 atom stereocenters. The molecule has 2 aliphatic heterocycles. The molecule has 106 valence electrons. The predicted molar refractivity (Wildman–Crippen MR) is 71.6 cm³/mol. The molecule has 0 aromatic heterocycles. The van der Waals surface area contributed by atoms with Crippen molar-refractivity contribution < 1.29 is 14.3 Å². The van der Waals surface area contributed by atoms with Crippen LogP contribution in [-0.4, -0.2) is 50.0 Å². The minimum atomic E-state index is -0.487. The molecule has 5 nitrogen and oxygen atoms in total. The van der Waals surface area contributed by atoms with Crippen molar-refractivity contribution in [3.63, 3.8) is 0 Å². The molecule has 2 heterocycles. The number of carbonyl (C=O) groups excluding carboxylic acids is 1. The van der Waals surface area contributed by atoms with Gasteiger partial charge in [0.15, 0.2) is 0 Å². The van der Waals surface area contributed by atoms with Crippen LogP contribution in [0, 0.1) is 12.3 Å². The average molecular weight is 266 g/mol. The molecule has 2 unspecified atom stereocenters. The first-order chi connectivity index (χ1) is 9.15. The first-order valence-electron chi connectivity index (χ1n) is 6.86. The number of hydrogen-bond acceptors (Lipinski definition) is 4. The largest absolute Gasteiger partial charge is 0.372 e. The van der Waals surface area contributed by atoms with Crippen LogP contribution in [0.4, 0.5) is 0 Å². The maximum Gasteiger partial charge on any atom is 0.249 e. The monoisotopic (exact) mass is 266 g/mol. The van der Waals surface area contributed by atoms with Crippen molar-refractivity contribution in [1.29, 1.82) is 0 Å². The van der Waals surface area contributed by atoms with Gasteiger partial charge >= 0.3 is 0 Å². The number of terminal acetylenes is 1. The smallest absolute Gasteiger partial charge is 0.249 e. The first kappa shape index (κ1) is 14.3. The van der Waals surface area contributed by atoms with Gasteiger partial charge < -0.3 is 20.1 Å². The summed E-state index contributed by atoms with van der Waals surface area (Å²) in [5.41, 5.74) is -0.0368. The number of rotatable bonds is 4. The minimum absolute atomic E-state index is 0.00434. The zero-order valence-electron chi connectivity index (χ0n) is 11.4. The molecule has 19 heavy (non-hydrogen) atoms. The molecule has 2 saturated heterocycles. The molecule has 2 aliphatic rings. The fourth-order valence-corrected chi connectivity index (χ4v) is 2.75. The van der Waals surface area contributed by atoms with Crippen molar-refractivity contribution in [3.05, 3.63) is 0 Å². The lowest BCUT2D eigenvalue weighted by molar-refractivity contribution is -0.135. The van der Waals surface area contributed by atoms with Gasteiger partial charge in [-0.05, 0) is 32.9 Å². The molecule has 0 aromatic rings. The molecule has 5 heteroatoms. The van der Waals surface area contributed by atoms with Crippen molar-refractivity contribution in [3.8, 4) is 12.3 Å². The number of carbonyl (C=O) groups is 1. The van der Waals surface area contributed by atoms with E-state index in [-0.39, 0.29) is 24.2 Å². The van der Waals surface area contributed by atoms with Gasteiger partial charge in [-0.3, -0.25) is 4.79 Å². The molecule has 0 radical (unpaired) electrons. The van der Waals surface area contributed by atoms with Gasteiger partial charge in [0.2, 0.25) is 5.91 Å². The summed E-state index contributed by atoms with van der Waals surface area (Å²) >= 11 is 0. The molecule has 2 N–H and O–H groups in total. The van der Waals surface area contributed by atoms with Crippen LogP contribution in [0.5, 0.6) is 0 Å². The van der Waals surface area contributed by atoms with E-state index in [1.807, 2.05) is 0 Å². The summed E-state index contributed by atoms with van der Waals surface area (Å²) < 4.78 is 11.7. The van der Waals surface area contributed by atoms with Crippen LogP contribution in [-0.2, 0) is 14.3 Å². The van der Waals surface area contributed by atoms with Crippen LogP contribution in [0.15, 0.2) is 0 Å². The highest BCUT2D eigenvalue weighted by atomic mass is 16.6. The molecule has 0 aliphatic carbocycles. The van der Waals surface area contributed by atoms with E-state index in [1.165, 1.54) is 0 Å². The predicted octanol–water partition coefficient (Wildman–Crippen LogP) is 0.0520. The number of piperidine rings is 1. The molecule has 0 aromatic carbocycles. The van der Waals surface area contributed by atoms with Crippen LogP contribution in [0.1, 0.15) is 26.2 Å². The van der Waals surface area contributed by atoms with Crippen LogP contribution >= 0.6 is 0 Å². The lowest BCUT2D eigenvalue weighted by Gasteiger charge is -2.32. The standard InChI is InChI=1S/C14H22N2O3/c1-3-6-16-13(17)11(2)19-12-9-14(18-10-12)4-7-15-8-5-14/h1,11-12,15H,4-10H2,2H3,(H,16,17). The molecule has 1 amide bonds. The highest BCUT2D eigenvalue weighted by Crippen LogP contribution is 2.35. The van der Waals surface area contributed by atoms with Gasteiger partial charge in [0.05, 0.1) is 24.9 Å². The van der Waals surface area contributed by atoms with E-state index in [1.54, 1.807) is 6.92 Å². The van der Waals surface area contributed by atoms with Gasteiger partial charge in [0.1, 0.15) is 6.10 Å². The lowest BCUT2D eigenvalue weighted by atomic mass is 9.89. The zero-order valence-corrected chi connectivity index (χ0v) is 11.4. The lowest BCUT2D eigenvalue weighted by Crippen LogP contribution is -2.42. The Morgan fingerprint density at radius 3 is 3.05 bits per heavy atom. The van der Waals surface area contributed by atoms with Gasteiger partial charge in [0, 0.05) is 6.42 Å². The Bertz CT molecular complexity index is 358. The number of amides is 1. The van der Waals surface area contributed by atoms with E-state index in [0.29, 0.717) is 6.61 Å². The highest BCUT2D eigenvalue weighted by Gasteiger charge is 2.42. The molecule has 2 fully saturated rings. The summed E-state index contributed by atoms with van der Waals surface area (Å²) in [7, 11) is 0. The Morgan fingerprint density at radius 2 is 2.37 bits per heavy atom. The first-order valence-corrected chi connectivity index (χ1v) is 6.86. The van der Waals surface area contributed by atoms with Gasteiger partial charge in [0.25, 0.3) is 0 Å². The van der Waals surface area contributed by atoms with Crippen molar-refractivity contribution in [2.75, 3.05) is 26.2 Å². The van der Waals surface area contributed by atoms with Crippen LogP contribution in [0.25, 0.3) is 0 Å². The second-order valence-electron chi connectivity index (χ2n) is 5.27. The molecule has 2 rings (SSSR count). The Hall–Kier alpha value is -1.09. The van der Waals surface area contributed by atoms with Crippen LogP contribution < -0.4 is 10.6 Å². The third-order valence-corrected chi connectivity index (χ3v) is 3.82. The normalized spacial score (nSPS) is 26.8. The van der Waals surface area contributed by atoms with Crippen molar-refractivity contribution >= 4 is 5.91 Å². The summed E-state index contributed by atoms with van der Waals surface area (Å²) in [5.74, 6) is 2.21. The fourth-order valence-electron chi connectivity index (χ4n) is 2.75. The number of hydrogen-bond donors (Lipinski definition) is 2. The summed E-state index contributed by atoms with van der Waals surface area (Å²) in [5, 5.41) is 5.96. The average Bonchev–Trinajstić information content (AvgIpc) is 2.79. The van der Waals surface area contributed by atoms with Crippen LogP contribution in [0.3, 0.4) is 0 Å². The Morgan fingerprint density at radius 1 is 1.63 bits per heavy atom. The van der Waals surface area contributed by atoms with Crippen molar-refractivity contribution in [2.24, 2.45) is 0 Å². The van der Waals surface area contributed by atoms with Crippen LogP contribution in [0.2, 0.25) is 0 Å². The van der Waals surface area contributed by atoms with Gasteiger partial charge in [-0.1, -0.05) is 5.92 Å². The maximum atomic E-state index is 11.7. The quantitative estimate of drug-likeness (QED) is 0.706. The fraction of sp³-hybridized carbons (Fsp3) is 0.786. The Kier molecular flexibility index (Phi) is 4.81. The second kappa shape index (κ2) is 6.38. The third-order valence-electron chi connectivity index (χ3n) is 3.82. The summed E-state index contributed by atoms with van der Waals surface area (Å²) in [6.07, 6.45) is 7.53. The SMILES string of the molecule is C#CCNC(=O)C(C)OC1COC2(CCNCC2)C1. The summed E-state index contributed by atoms with van der Waals surface area (Å²) in [4.78, 5) is 11.7. The van der Waals surface area contributed by atoms with Gasteiger partial charge in [-0.25, -0.2) is 0 Å². The maximum absolute atomic E-state index is 11.7. The zero-order chi connectivity index (χ0) is 13.7. The highest BCUT2D eigenvalue weighted by molar-refractivity contribution is 5.80. The summed E-state index contributed by atoms with van der Waals surface area (Å²) in [6, 6.07) is 0. The van der Waals surface area contributed by atoms with E-state index < -0.39 is 6.10 Å². The van der Waals surface area contributed by atoms with E-state index in [9.17, 15) is 4.79 Å². The van der Waals surface area contributed by atoms with E-state index in [0.717, 1.165) is 32.4 Å².